The van der Waals surface area contributed by atoms with E-state index in [2.05, 4.69) is 0 Å². The van der Waals surface area contributed by atoms with Crippen LogP contribution < -0.4 is 4.74 Å². The molecule has 1 aliphatic heterocycles. The molecule has 0 spiro atoms. The minimum absolute atomic E-state index is 0.00819. The molecular formula is C17H25NO4. The van der Waals surface area contributed by atoms with E-state index in [-0.39, 0.29) is 18.6 Å². The number of hydrogen-bond acceptors (Lipinski definition) is 4. The van der Waals surface area contributed by atoms with Gasteiger partial charge in [-0.25, -0.2) is 0 Å². The number of amides is 1. The van der Waals surface area contributed by atoms with E-state index in [4.69, 9.17) is 9.47 Å². The van der Waals surface area contributed by atoms with Gasteiger partial charge in [-0.2, -0.15) is 0 Å². The molecule has 1 heterocycles. The normalized spacial score (nSPS) is 19.5. The van der Waals surface area contributed by atoms with Crippen LogP contribution in [0.1, 0.15) is 37.4 Å². The zero-order chi connectivity index (χ0) is 15.9. The predicted molar refractivity (Wildman–Crippen MR) is 83.8 cm³/mol. The van der Waals surface area contributed by atoms with Gasteiger partial charge in [-0.3, -0.25) is 4.79 Å². The molecule has 22 heavy (non-hydrogen) atoms. The number of benzene rings is 1. The first-order valence-corrected chi connectivity index (χ1v) is 7.77. The Morgan fingerprint density at radius 2 is 2.32 bits per heavy atom. The lowest BCUT2D eigenvalue weighted by atomic mass is 10.1. The quantitative estimate of drug-likeness (QED) is 0.875. The van der Waals surface area contributed by atoms with Crippen molar-refractivity contribution in [2.45, 2.75) is 37.9 Å². The van der Waals surface area contributed by atoms with Gasteiger partial charge in [-0.05, 0) is 37.0 Å². The van der Waals surface area contributed by atoms with Gasteiger partial charge in [0.15, 0.2) is 0 Å². The zero-order valence-electron chi connectivity index (χ0n) is 13.3. The third kappa shape index (κ3) is 4.71. The second kappa shape index (κ2) is 8.15. The van der Waals surface area contributed by atoms with Crippen molar-refractivity contribution >= 4 is 5.91 Å². The highest BCUT2D eigenvalue weighted by Gasteiger charge is 2.21. The monoisotopic (exact) mass is 307 g/mol. The number of ether oxygens (including phenoxy) is 2. The lowest BCUT2D eigenvalue weighted by Crippen LogP contribution is -2.34. The summed E-state index contributed by atoms with van der Waals surface area (Å²) in [5.74, 6) is 0.704. The third-order valence-corrected chi connectivity index (χ3v) is 4.03. The van der Waals surface area contributed by atoms with Crippen LogP contribution in [0.3, 0.4) is 0 Å². The molecule has 122 valence electrons. The highest BCUT2D eigenvalue weighted by atomic mass is 16.5. The summed E-state index contributed by atoms with van der Waals surface area (Å²) in [4.78, 5) is 13.8. The molecule has 2 rings (SSSR count). The summed E-state index contributed by atoms with van der Waals surface area (Å²) in [6.45, 7) is 1.01. The molecule has 0 radical (unpaired) electrons. The summed E-state index contributed by atoms with van der Waals surface area (Å²) in [6.07, 6.45) is 2.83. The number of methoxy groups -OCH3 is 1. The Kier molecular flexibility index (Phi) is 6.21. The topological polar surface area (TPSA) is 59.0 Å². The van der Waals surface area contributed by atoms with Crippen molar-refractivity contribution in [2.75, 3.05) is 27.3 Å². The summed E-state index contributed by atoms with van der Waals surface area (Å²) in [7, 11) is 3.31. The van der Waals surface area contributed by atoms with Crippen molar-refractivity contribution in [3.63, 3.8) is 0 Å². The van der Waals surface area contributed by atoms with Crippen molar-refractivity contribution in [2.24, 2.45) is 0 Å². The minimum Gasteiger partial charge on any atom is -0.497 e. The van der Waals surface area contributed by atoms with Crippen LogP contribution in [0.4, 0.5) is 0 Å². The molecule has 1 aromatic rings. The highest BCUT2D eigenvalue weighted by molar-refractivity contribution is 5.76. The lowest BCUT2D eigenvalue weighted by Gasteiger charge is -2.26. The number of aliphatic hydroxyl groups excluding tert-OH is 1. The Hall–Kier alpha value is -1.59. The molecule has 1 N–H and O–H groups in total. The molecule has 1 aliphatic rings. The molecule has 1 saturated heterocycles. The highest BCUT2D eigenvalue weighted by Crippen LogP contribution is 2.21. The van der Waals surface area contributed by atoms with E-state index in [9.17, 15) is 9.90 Å². The largest absolute Gasteiger partial charge is 0.497 e. The smallest absolute Gasteiger partial charge is 0.225 e. The summed E-state index contributed by atoms with van der Waals surface area (Å²) in [5, 5.41) is 10.3. The average Bonchev–Trinajstić information content (AvgIpc) is 2.55. The molecule has 0 saturated carbocycles. The van der Waals surface area contributed by atoms with Gasteiger partial charge in [0.2, 0.25) is 5.91 Å². The van der Waals surface area contributed by atoms with Gasteiger partial charge in [0.05, 0.1) is 32.3 Å². The number of carbonyl (C=O) groups excluding carboxylic acids is 1. The minimum atomic E-state index is -0.726. The number of rotatable bonds is 6. The fourth-order valence-corrected chi connectivity index (χ4v) is 2.63. The number of carbonyl (C=O) groups is 1. The number of aliphatic hydroxyl groups is 1. The van der Waals surface area contributed by atoms with Gasteiger partial charge in [0.25, 0.3) is 0 Å². The van der Waals surface area contributed by atoms with Crippen molar-refractivity contribution < 1.29 is 19.4 Å². The van der Waals surface area contributed by atoms with Crippen molar-refractivity contribution in [1.29, 1.82) is 0 Å². The fourth-order valence-electron chi connectivity index (χ4n) is 2.63. The van der Waals surface area contributed by atoms with Crippen LogP contribution >= 0.6 is 0 Å². The second-order valence-corrected chi connectivity index (χ2v) is 5.76. The van der Waals surface area contributed by atoms with Crippen molar-refractivity contribution in [1.82, 2.24) is 4.90 Å². The Morgan fingerprint density at radius 1 is 1.50 bits per heavy atom. The summed E-state index contributed by atoms with van der Waals surface area (Å²) in [6, 6.07) is 7.27. The molecule has 5 nitrogen and oxygen atoms in total. The van der Waals surface area contributed by atoms with Crippen LogP contribution in [0.2, 0.25) is 0 Å². The molecule has 1 aromatic carbocycles. The molecule has 1 fully saturated rings. The van der Waals surface area contributed by atoms with Crippen LogP contribution in [0.5, 0.6) is 5.75 Å². The van der Waals surface area contributed by atoms with E-state index >= 15 is 0 Å². The van der Waals surface area contributed by atoms with E-state index in [0.29, 0.717) is 12.2 Å². The first-order valence-electron chi connectivity index (χ1n) is 7.77. The van der Waals surface area contributed by atoms with E-state index in [1.165, 1.54) is 0 Å². The summed E-state index contributed by atoms with van der Waals surface area (Å²) < 4.78 is 10.7. The predicted octanol–water partition coefficient (Wildman–Crippen LogP) is 2.15. The number of nitrogens with zero attached hydrogens (tertiary/aromatic N) is 1. The Morgan fingerprint density at radius 3 is 3.00 bits per heavy atom. The summed E-state index contributed by atoms with van der Waals surface area (Å²) in [5.41, 5.74) is 0.743. The molecule has 0 aromatic heterocycles. The molecule has 2 atom stereocenters. The SMILES string of the molecule is COc1cccc(C(O)CN(C)C(=O)CC2CCCCO2)c1. The first-order chi connectivity index (χ1) is 10.6. The maximum absolute atomic E-state index is 12.2. The Bertz CT molecular complexity index is 485. The molecule has 5 heteroatoms. The van der Waals surface area contributed by atoms with Gasteiger partial charge >= 0.3 is 0 Å². The van der Waals surface area contributed by atoms with E-state index < -0.39 is 6.10 Å². The molecule has 0 bridgehead atoms. The summed E-state index contributed by atoms with van der Waals surface area (Å²) >= 11 is 0. The standard InChI is InChI=1S/C17H25NO4/c1-18(17(20)11-15-7-3-4-9-22-15)12-16(19)13-6-5-8-14(10-13)21-2/h5-6,8,10,15-16,19H,3-4,7,9,11-12H2,1-2H3. The first kappa shape index (κ1) is 16.8. The zero-order valence-corrected chi connectivity index (χ0v) is 13.3. The van der Waals surface area contributed by atoms with Gasteiger partial charge in [-0.15, -0.1) is 0 Å². The van der Waals surface area contributed by atoms with Crippen LogP contribution in [0.25, 0.3) is 0 Å². The van der Waals surface area contributed by atoms with Crippen molar-refractivity contribution in [3.8, 4) is 5.75 Å². The second-order valence-electron chi connectivity index (χ2n) is 5.76. The molecule has 1 amide bonds. The van der Waals surface area contributed by atoms with Crippen LogP contribution in [-0.4, -0.2) is 49.3 Å². The van der Waals surface area contributed by atoms with Crippen molar-refractivity contribution in [3.05, 3.63) is 29.8 Å². The maximum Gasteiger partial charge on any atom is 0.225 e. The van der Waals surface area contributed by atoms with Gasteiger partial charge in [-0.1, -0.05) is 12.1 Å². The van der Waals surface area contributed by atoms with Crippen LogP contribution in [0, 0.1) is 0 Å². The molecule has 2 unspecified atom stereocenters. The van der Waals surface area contributed by atoms with E-state index in [1.54, 1.807) is 25.1 Å². The third-order valence-electron chi connectivity index (χ3n) is 4.03. The number of hydrogen-bond donors (Lipinski definition) is 1. The van der Waals surface area contributed by atoms with Crippen LogP contribution in [-0.2, 0) is 9.53 Å². The Balaban J connectivity index is 1.86. The fraction of sp³-hybridized carbons (Fsp3) is 0.588. The maximum atomic E-state index is 12.2. The average molecular weight is 307 g/mol. The number of likely N-dealkylation sites (N-methyl/N-ethyl adjacent to an activating group) is 1. The van der Waals surface area contributed by atoms with Gasteiger partial charge in [0, 0.05) is 13.7 Å². The molecule has 0 aliphatic carbocycles. The van der Waals surface area contributed by atoms with E-state index in [1.807, 2.05) is 18.2 Å². The lowest BCUT2D eigenvalue weighted by molar-refractivity contribution is -0.135. The van der Waals surface area contributed by atoms with Gasteiger partial charge in [0.1, 0.15) is 5.75 Å². The molecular weight excluding hydrogens is 282 g/mol. The van der Waals surface area contributed by atoms with Crippen LogP contribution in [0.15, 0.2) is 24.3 Å². The Labute approximate surface area is 131 Å². The van der Waals surface area contributed by atoms with Gasteiger partial charge < -0.3 is 19.5 Å². The van der Waals surface area contributed by atoms with E-state index in [0.717, 1.165) is 31.4 Å².